The number of nitrogens with one attached hydrogen (secondary N) is 1. The molecular formula is C16H17ClINO. The van der Waals surface area contributed by atoms with E-state index < -0.39 is 0 Å². The van der Waals surface area contributed by atoms with E-state index in [1.807, 2.05) is 50.2 Å². The molecule has 2 aromatic carbocycles. The van der Waals surface area contributed by atoms with Crippen LogP contribution in [0.3, 0.4) is 0 Å². The molecule has 0 fully saturated rings. The zero-order chi connectivity index (χ0) is 14.5. The molecule has 106 valence electrons. The molecule has 2 rings (SSSR count). The first-order valence-corrected chi connectivity index (χ1v) is 7.95. The van der Waals surface area contributed by atoms with E-state index in [0.717, 1.165) is 32.1 Å². The monoisotopic (exact) mass is 401 g/mol. The van der Waals surface area contributed by atoms with Crippen molar-refractivity contribution in [3.05, 3.63) is 56.6 Å². The maximum Gasteiger partial charge on any atom is 0.120 e. The number of benzene rings is 2. The maximum atomic E-state index is 6.20. The van der Waals surface area contributed by atoms with Gasteiger partial charge in [-0.3, -0.25) is 0 Å². The first-order valence-electron chi connectivity index (χ1n) is 6.49. The fourth-order valence-electron chi connectivity index (χ4n) is 1.83. The van der Waals surface area contributed by atoms with E-state index >= 15 is 0 Å². The summed E-state index contributed by atoms with van der Waals surface area (Å²) in [4.78, 5) is 0. The van der Waals surface area contributed by atoms with Gasteiger partial charge in [0.15, 0.2) is 0 Å². The van der Waals surface area contributed by atoms with Crippen LogP contribution in [0.15, 0.2) is 42.5 Å². The highest BCUT2D eigenvalue weighted by Crippen LogP contribution is 2.24. The Morgan fingerprint density at radius 3 is 2.70 bits per heavy atom. The number of ether oxygens (including phenoxy) is 1. The first-order chi connectivity index (χ1) is 9.54. The lowest BCUT2D eigenvalue weighted by Gasteiger charge is -2.12. The molecule has 4 heteroatoms. The zero-order valence-electron chi connectivity index (χ0n) is 11.5. The highest BCUT2D eigenvalue weighted by molar-refractivity contribution is 14.1. The van der Waals surface area contributed by atoms with E-state index in [-0.39, 0.29) is 6.10 Å². The molecular weight excluding hydrogens is 385 g/mol. The van der Waals surface area contributed by atoms with Crippen molar-refractivity contribution in [1.29, 1.82) is 0 Å². The van der Waals surface area contributed by atoms with Gasteiger partial charge in [-0.1, -0.05) is 23.7 Å². The third kappa shape index (κ3) is 4.56. The third-order valence-corrected chi connectivity index (χ3v) is 3.67. The van der Waals surface area contributed by atoms with Crippen molar-refractivity contribution in [2.75, 3.05) is 5.32 Å². The maximum absolute atomic E-state index is 6.20. The van der Waals surface area contributed by atoms with Crippen molar-refractivity contribution >= 4 is 39.9 Å². The SMILES string of the molecule is CC(C)Oc1cccc(CNc2ccc(I)cc2Cl)c1. The summed E-state index contributed by atoms with van der Waals surface area (Å²) in [5.41, 5.74) is 2.11. The fraction of sp³-hybridized carbons (Fsp3) is 0.250. The Kier molecular flexibility index (Phi) is 5.54. The number of anilines is 1. The molecule has 0 aliphatic carbocycles. The van der Waals surface area contributed by atoms with Crippen LogP contribution in [0.25, 0.3) is 0 Å². The van der Waals surface area contributed by atoms with Crippen LogP contribution >= 0.6 is 34.2 Å². The Bertz CT molecular complexity index is 586. The van der Waals surface area contributed by atoms with Crippen molar-refractivity contribution in [1.82, 2.24) is 0 Å². The molecule has 0 saturated heterocycles. The van der Waals surface area contributed by atoms with Gasteiger partial charge in [0.05, 0.1) is 16.8 Å². The van der Waals surface area contributed by atoms with E-state index in [4.69, 9.17) is 16.3 Å². The average molecular weight is 402 g/mol. The summed E-state index contributed by atoms with van der Waals surface area (Å²) in [6.07, 6.45) is 0.184. The van der Waals surface area contributed by atoms with Gasteiger partial charge in [0, 0.05) is 10.1 Å². The van der Waals surface area contributed by atoms with Gasteiger partial charge >= 0.3 is 0 Å². The summed E-state index contributed by atoms with van der Waals surface area (Å²) < 4.78 is 6.82. The van der Waals surface area contributed by atoms with Gasteiger partial charge in [0.2, 0.25) is 0 Å². The molecule has 0 atom stereocenters. The number of hydrogen-bond donors (Lipinski definition) is 1. The standard InChI is InChI=1S/C16H17ClINO/c1-11(2)20-14-5-3-4-12(8-14)10-19-16-7-6-13(18)9-15(16)17/h3-9,11,19H,10H2,1-2H3. The van der Waals surface area contributed by atoms with Gasteiger partial charge in [-0.05, 0) is 72.3 Å². The van der Waals surface area contributed by atoms with Crippen molar-refractivity contribution < 1.29 is 4.74 Å². The summed E-state index contributed by atoms with van der Waals surface area (Å²) in [6.45, 7) is 4.77. The molecule has 20 heavy (non-hydrogen) atoms. The second-order valence-corrected chi connectivity index (χ2v) is 6.44. The molecule has 0 radical (unpaired) electrons. The largest absolute Gasteiger partial charge is 0.491 e. The normalized spacial score (nSPS) is 10.7. The van der Waals surface area contributed by atoms with Crippen LogP contribution in [0, 0.1) is 3.57 Å². The number of hydrogen-bond acceptors (Lipinski definition) is 2. The third-order valence-electron chi connectivity index (χ3n) is 2.68. The van der Waals surface area contributed by atoms with Crippen molar-refractivity contribution in [2.24, 2.45) is 0 Å². The van der Waals surface area contributed by atoms with Gasteiger partial charge < -0.3 is 10.1 Å². The highest BCUT2D eigenvalue weighted by Gasteiger charge is 2.02. The van der Waals surface area contributed by atoms with E-state index in [0.29, 0.717) is 0 Å². The van der Waals surface area contributed by atoms with Crippen LogP contribution < -0.4 is 10.1 Å². The van der Waals surface area contributed by atoms with E-state index in [1.54, 1.807) is 0 Å². The summed E-state index contributed by atoms with van der Waals surface area (Å²) in [7, 11) is 0. The van der Waals surface area contributed by atoms with E-state index in [2.05, 4.69) is 34.0 Å². The van der Waals surface area contributed by atoms with E-state index in [9.17, 15) is 0 Å². The molecule has 0 aromatic heterocycles. The Balaban J connectivity index is 2.03. The van der Waals surface area contributed by atoms with Crippen LogP contribution in [-0.2, 0) is 6.54 Å². The molecule has 0 spiro atoms. The van der Waals surface area contributed by atoms with E-state index in [1.165, 1.54) is 0 Å². The minimum absolute atomic E-state index is 0.184. The molecule has 2 nitrogen and oxygen atoms in total. The summed E-state index contributed by atoms with van der Waals surface area (Å²) in [5, 5.41) is 4.09. The Labute approximate surface area is 138 Å². The minimum atomic E-state index is 0.184. The number of halogens is 2. The second kappa shape index (κ2) is 7.18. The predicted molar refractivity (Wildman–Crippen MR) is 93.7 cm³/mol. The molecule has 0 bridgehead atoms. The number of rotatable bonds is 5. The van der Waals surface area contributed by atoms with Crippen LogP contribution in [-0.4, -0.2) is 6.10 Å². The van der Waals surface area contributed by atoms with Crippen molar-refractivity contribution in [2.45, 2.75) is 26.5 Å². The summed E-state index contributed by atoms with van der Waals surface area (Å²) in [5.74, 6) is 0.896. The van der Waals surface area contributed by atoms with Gasteiger partial charge in [-0.2, -0.15) is 0 Å². The smallest absolute Gasteiger partial charge is 0.120 e. The summed E-state index contributed by atoms with van der Waals surface area (Å²) in [6, 6.07) is 14.1. The van der Waals surface area contributed by atoms with Crippen LogP contribution in [0.1, 0.15) is 19.4 Å². The molecule has 0 aliphatic heterocycles. The lowest BCUT2D eigenvalue weighted by atomic mass is 10.2. The van der Waals surface area contributed by atoms with Gasteiger partial charge in [0.1, 0.15) is 5.75 Å². The molecule has 0 unspecified atom stereocenters. The molecule has 2 aromatic rings. The van der Waals surface area contributed by atoms with Crippen molar-refractivity contribution in [3.8, 4) is 5.75 Å². The first kappa shape index (κ1) is 15.4. The minimum Gasteiger partial charge on any atom is -0.491 e. The van der Waals surface area contributed by atoms with Crippen LogP contribution in [0.5, 0.6) is 5.75 Å². The van der Waals surface area contributed by atoms with Crippen LogP contribution in [0.2, 0.25) is 5.02 Å². The quantitative estimate of drug-likeness (QED) is 0.683. The lowest BCUT2D eigenvalue weighted by molar-refractivity contribution is 0.242. The molecule has 1 N–H and O–H groups in total. The molecule has 0 saturated carbocycles. The predicted octanol–water partition coefficient (Wildman–Crippen LogP) is 5.34. The Morgan fingerprint density at radius 2 is 2.00 bits per heavy atom. The lowest BCUT2D eigenvalue weighted by Crippen LogP contribution is -2.06. The van der Waals surface area contributed by atoms with Gasteiger partial charge in [0.25, 0.3) is 0 Å². The fourth-order valence-corrected chi connectivity index (χ4v) is 2.75. The molecule has 0 heterocycles. The van der Waals surface area contributed by atoms with Crippen LogP contribution in [0.4, 0.5) is 5.69 Å². The average Bonchev–Trinajstić information content (AvgIpc) is 2.37. The topological polar surface area (TPSA) is 21.3 Å². The van der Waals surface area contributed by atoms with Gasteiger partial charge in [-0.25, -0.2) is 0 Å². The second-order valence-electron chi connectivity index (χ2n) is 4.79. The summed E-state index contributed by atoms with van der Waals surface area (Å²) >= 11 is 8.45. The molecule has 0 aliphatic rings. The highest BCUT2D eigenvalue weighted by atomic mass is 127. The zero-order valence-corrected chi connectivity index (χ0v) is 14.4. The van der Waals surface area contributed by atoms with Gasteiger partial charge in [-0.15, -0.1) is 0 Å². The van der Waals surface area contributed by atoms with Crippen molar-refractivity contribution in [3.63, 3.8) is 0 Å². The molecule has 0 amide bonds. The Hall–Kier alpha value is -0.940. The Morgan fingerprint density at radius 1 is 1.20 bits per heavy atom.